The van der Waals surface area contributed by atoms with Crippen molar-refractivity contribution in [2.45, 2.75) is 45.2 Å². The lowest BCUT2D eigenvalue weighted by molar-refractivity contribution is 0.102. The first kappa shape index (κ1) is 19.8. The van der Waals surface area contributed by atoms with Gasteiger partial charge >= 0.3 is 0 Å². The maximum atomic E-state index is 13.2. The van der Waals surface area contributed by atoms with E-state index < -0.39 is 6.02 Å². The number of hydrogen-bond acceptors (Lipinski definition) is 5. The summed E-state index contributed by atoms with van der Waals surface area (Å²) < 4.78 is 8.52. The van der Waals surface area contributed by atoms with Gasteiger partial charge in [-0.05, 0) is 66.3 Å². The SMILES string of the molecule is [2H]C1(C)CC(C)(C)c2ccc(NC(=O)c3cccnc3NCc3ccnc4[nH]ccc34)cc2N1. The Bertz CT molecular complexity index is 1380. The minimum Gasteiger partial charge on any atom is -0.382 e. The van der Waals surface area contributed by atoms with Crippen LogP contribution in [0.2, 0.25) is 0 Å². The molecule has 3 aromatic heterocycles. The van der Waals surface area contributed by atoms with Crippen LogP contribution < -0.4 is 16.0 Å². The van der Waals surface area contributed by atoms with Gasteiger partial charge < -0.3 is 20.9 Å². The van der Waals surface area contributed by atoms with Crippen LogP contribution in [0.1, 0.15) is 50.0 Å². The minimum atomic E-state index is -0.766. The lowest BCUT2D eigenvalue weighted by Gasteiger charge is -2.37. The Morgan fingerprint density at radius 2 is 2.09 bits per heavy atom. The monoisotopic (exact) mass is 441 g/mol. The zero-order valence-electron chi connectivity index (χ0n) is 20.0. The van der Waals surface area contributed by atoms with Crippen molar-refractivity contribution in [2.75, 3.05) is 16.0 Å². The predicted molar refractivity (Wildman–Crippen MR) is 133 cm³/mol. The number of carbonyl (C=O) groups excluding carboxylic acids is 1. The first-order valence-electron chi connectivity index (χ1n) is 11.6. The van der Waals surface area contributed by atoms with Gasteiger partial charge in [0.05, 0.1) is 6.93 Å². The molecule has 1 unspecified atom stereocenters. The average Bonchev–Trinajstić information content (AvgIpc) is 3.26. The number of pyridine rings is 2. The van der Waals surface area contributed by atoms with Gasteiger partial charge in [-0.1, -0.05) is 19.9 Å². The van der Waals surface area contributed by atoms with Crippen molar-refractivity contribution >= 4 is 34.1 Å². The lowest BCUT2D eigenvalue weighted by Crippen LogP contribution is -2.34. The number of rotatable bonds is 5. The van der Waals surface area contributed by atoms with Crippen molar-refractivity contribution in [2.24, 2.45) is 0 Å². The third-order valence-electron chi connectivity index (χ3n) is 6.11. The molecule has 0 saturated heterocycles. The highest BCUT2D eigenvalue weighted by Gasteiger charge is 2.31. The molecule has 7 heteroatoms. The fraction of sp³-hybridized carbons (Fsp3) is 0.269. The van der Waals surface area contributed by atoms with Crippen molar-refractivity contribution in [3.8, 4) is 0 Å². The van der Waals surface area contributed by atoms with Gasteiger partial charge in [0.1, 0.15) is 11.5 Å². The Morgan fingerprint density at radius 3 is 2.97 bits per heavy atom. The van der Waals surface area contributed by atoms with E-state index in [2.05, 4.69) is 44.7 Å². The smallest absolute Gasteiger partial charge is 0.259 e. The van der Waals surface area contributed by atoms with Crippen LogP contribution >= 0.6 is 0 Å². The van der Waals surface area contributed by atoms with E-state index in [4.69, 9.17) is 1.37 Å². The van der Waals surface area contributed by atoms with Crippen LogP contribution in [-0.2, 0) is 12.0 Å². The zero-order chi connectivity index (χ0) is 23.9. The summed E-state index contributed by atoms with van der Waals surface area (Å²) in [5.41, 5.74) is 4.91. The van der Waals surface area contributed by atoms with Crippen LogP contribution in [0.5, 0.6) is 0 Å². The molecule has 1 aromatic carbocycles. The van der Waals surface area contributed by atoms with Gasteiger partial charge in [0.2, 0.25) is 0 Å². The lowest BCUT2D eigenvalue weighted by atomic mass is 9.76. The number of nitrogens with one attached hydrogen (secondary N) is 4. The number of fused-ring (bicyclic) bond motifs is 2. The molecule has 0 bridgehead atoms. The highest BCUT2D eigenvalue weighted by molar-refractivity contribution is 6.07. The second-order valence-corrected chi connectivity index (χ2v) is 9.14. The van der Waals surface area contributed by atoms with Crippen molar-refractivity contribution in [1.29, 1.82) is 0 Å². The molecule has 0 saturated carbocycles. The van der Waals surface area contributed by atoms with E-state index in [1.165, 1.54) is 0 Å². The predicted octanol–water partition coefficient (Wildman–Crippen LogP) is 5.30. The Balaban J connectivity index is 1.36. The number of amides is 1. The maximum Gasteiger partial charge on any atom is 0.259 e. The van der Waals surface area contributed by atoms with E-state index in [0.29, 0.717) is 30.0 Å². The summed E-state index contributed by atoms with van der Waals surface area (Å²) in [6, 6.07) is 12.5. The van der Waals surface area contributed by atoms with Gasteiger partial charge in [-0.3, -0.25) is 4.79 Å². The van der Waals surface area contributed by atoms with E-state index in [9.17, 15) is 4.79 Å². The number of aromatic amines is 1. The van der Waals surface area contributed by atoms with Crippen LogP contribution in [-0.4, -0.2) is 26.9 Å². The molecule has 0 spiro atoms. The zero-order valence-corrected chi connectivity index (χ0v) is 19.0. The van der Waals surface area contributed by atoms with Crippen LogP contribution in [0, 0.1) is 0 Å². The van der Waals surface area contributed by atoms with Crippen molar-refractivity contribution in [1.82, 2.24) is 15.0 Å². The summed E-state index contributed by atoms with van der Waals surface area (Å²) >= 11 is 0. The Labute approximate surface area is 194 Å². The van der Waals surface area contributed by atoms with Crippen LogP contribution in [0.25, 0.3) is 11.0 Å². The van der Waals surface area contributed by atoms with Crippen molar-refractivity contribution in [3.05, 3.63) is 77.7 Å². The van der Waals surface area contributed by atoms with E-state index in [1.807, 2.05) is 43.5 Å². The topological polar surface area (TPSA) is 94.7 Å². The molecule has 1 aliphatic heterocycles. The largest absolute Gasteiger partial charge is 0.382 e. The van der Waals surface area contributed by atoms with Crippen molar-refractivity contribution in [3.63, 3.8) is 0 Å². The van der Waals surface area contributed by atoms with E-state index in [-0.39, 0.29) is 11.3 Å². The second kappa shape index (κ2) is 8.24. The molecule has 1 aliphatic rings. The van der Waals surface area contributed by atoms with Gasteiger partial charge in [0.15, 0.2) is 0 Å². The molecule has 4 heterocycles. The van der Waals surface area contributed by atoms with Gasteiger partial charge in [-0.25, -0.2) is 9.97 Å². The number of benzene rings is 1. The highest BCUT2D eigenvalue weighted by Crippen LogP contribution is 2.40. The number of H-pyrrole nitrogens is 1. The van der Waals surface area contributed by atoms with Crippen LogP contribution in [0.15, 0.2) is 61.1 Å². The molecule has 168 valence electrons. The molecule has 0 radical (unpaired) electrons. The van der Waals surface area contributed by atoms with E-state index >= 15 is 0 Å². The normalized spacial score (nSPS) is 19.3. The van der Waals surface area contributed by atoms with E-state index in [0.717, 1.165) is 27.8 Å². The third-order valence-corrected chi connectivity index (χ3v) is 6.11. The second-order valence-electron chi connectivity index (χ2n) is 9.14. The Morgan fingerprint density at radius 1 is 1.21 bits per heavy atom. The summed E-state index contributed by atoms with van der Waals surface area (Å²) in [5.74, 6) is 0.261. The first-order valence-corrected chi connectivity index (χ1v) is 11.1. The maximum absolute atomic E-state index is 13.2. The number of hydrogen-bond donors (Lipinski definition) is 4. The summed E-state index contributed by atoms with van der Waals surface area (Å²) in [7, 11) is 0. The number of anilines is 3. The molecule has 0 fully saturated rings. The van der Waals surface area contributed by atoms with Gasteiger partial charge in [0.25, 0.3) is 5.91 Å². The standard InChI is InChI=1S/C26H28N6O/c1-16-14-26(2,3)21-7-6-18(13-22(21)31-16)32-25(33)20-5-4-10-27-24(20)30-15-17-8-11-28-23-19(17)9-12-29-23/h4-13,16,31H,14-15H2,1-3H3,(H,27,30)(H,28,29)(H,32,33)/i16D. The number of carbonyl (C=O) groups is 1. The van der Waals surface area contributed by atoms with Crippen LogP contribution in [0.4, 0.5) is 17.2 Å². The summed E-state index contributed by atoms with van der Waals surface area (Å²) in [5, 5.41) is 10.6. The minimum absolute atomic E-state index is 0.127. The van der Waals surface area contributed by atoms with Gasteiger partial charge in [-0.15, -0.1) is 0 Å². The summed E-state index contributed by atoms with van der Waals surface area (Å²) in [4.78, 5) is 25.0. The van der Waals surface area contributed by atoms with Crippen molar-refractivity contribution < 1.29 is 6.17 Å². The summed E-state index contributed by atoms with van der Waals surface area (Å²) in [6.07, 6.45) is 5.99. The third kappa shape index (κ3) is 4.14. The highest BCUT2D eigenvalue weighted by atomic mass is 16.1. The first-order chi connectivity index (χ1) is 16.2. The quantitative estimate of drug-likeness (QED) is 0.337. The fourth-order valence-electron chi connectivity index (χ4n) is 4.63. The molecule has 4 N–H and O–H groups in total. The van der Waals surface area contributed by atoms with Gasteiger partial charge in [0, 0.05) is 47.9 Å². The molecule has 4 aromatic rings. The molecule has 1 amide bonds. The fourth-order valence-corrected chi connectivity index (χ4v) is 4.63. The molecular formula is C26H28N6O. The molecule has 33 heavy (non-hydrogen) atoms. The van der Waals surface area contributed by atoms with Gasteiger partial charge in [-0.2, -0.15) is 0 Å². The molecule has 0 aliphatic carbocycles. The Hall–Kier alpha value is -3.87. The molecular weight excluding hydrogens is 412 g/mol. The Kier molecular flexibility index (Phi) is 4.94. The number of nitrogens with zero attached hydrogens (tertiary/aromatic N) is 2. The van der Waals surface area contributed by atoms with E-state index in [1.54, 1.807) is 24.5 Å². The average molecular weight is 442 g/mol. The summed E-state index contributed by atoms with van der Waals surface area (Å²) in [6.45, 7) is 6.68. The molecule has 1 atom stereocenters. The molecule has 5 rings (SSSR count). The number of aromatic nitrogens is 3. The van der Waals surface area contributed by atoms with Crippen LogP contribution in [0.3, 0.4) is 0 Å². The molecule has 7 nitrogen and oxygen atoms in total.